The highest BCUT2D eigenvalue weighted by Gasteiger charge is 2.20. The maximum Gasteiger partial charge on any atom is 0.310 e. The van der Waals surface area contributed by atoms with Crippen LogP contribution in [0.3, 0.4) is 0 Å². The Kier molecular flexibility index (Phi) is 6.51. The van der Waals surface area contributed by atoms with Gasteiger partial charge in [0.15, 0.2) is 0 Å². The number of halogens is 1. The summed E-state index contributed by atoms with van der Waals surface area (Å²) in [5.41, 5.74) is 1.40. The van der Waals surface area contributed by atoms with Crippen molar-refractivity contribution < 1.29 is 23.8 Å². The number of ether oxygens (including phenoxy) is 1. The van der Waals surface area contributed by atoms with Crippen LogP contribution in [0, 0.1) is 11.7 Å². The van der Waals surface area contributed by atoms with E-state index in [9.17, 15) is 19.1 Å². The van der Waals surface area contributed by atoms with Gasteiger partial charge in [-0.05, 0) is 41.8 Å². The van der Waals surface area contributed by atoms with Gasteiger partial charge in [0.1, 0.15) is 11.6 Å². The van der Waals surface area contributed by atoms with Gasteiger partial charge in [0.25, 0.3) is 0 Å². The molecular weight excluding hydrogens is 325 g/mol. The number of benzene rings is 2. The van der Waals surface area contributed by atoms with Crippen LogP contribution >= 0.6 is 0 Å². The first-order valence-corrected chi connectivity index (χ1v) is 7.85. The van der Waals surface area contributed by atoms with Crippen LogP contribution in [-0.4, -0.2) is 30.6 Å². The number of hydrogen-bond donors (Lipinski definition) is 2. The van der Waals surface area contributed by atoms with Crippen LogP contribution in [0.4, 0.5) is 4.39 Å². The predicted molar refractivity (Wildman–Crippen MR) is 90.4 cm³/mol. The summed E-state index contributed by atoms with van der Waals surface area (Å²) >= 11 is 0. The second-order valence-electron chi connectivity index (χ2n) is 5.70. The lowest BCUT2D eigenvalue weighted by Gasteiger charge is -2.16. The molecule has 0 heterocycles. The number of aromatic hydroxyl groups is 1. The summed E-state index contributed by atoms with van der Waals surface area (Å²) in [7, 11) is 1.29. The van der Waals surface area contributed by atoms with E-state index >= 15 is 0 Å². The molecule has 25 heavy (non-hydrogen) atoms. The first kappa shape index (κ1) is 18.4. The number of phenolic OH excluding ortho intramolecular Hbond substituents is 1. The molecule has 0 spiro atoms. The number of methoxy groups -OCH3 is 1. The molecule has 0 saturated carbocycles. The topological polar surface area (TPSA) is 75.6 Å². The van der Waals surface area contributed by atoms with Crippen LogP contribution in [0.15, 0.2) is 48.5 Å². The fourth-order valence-corrected chi connectivity index (χ4v) is 2.45. The third-order valence-corrected chi connectivity index (χ3v) is 3.75. The fourth-order valence-electron chi connectivity index (χ4n) is 2.45. The molecule has 6 heteroatoms. The maximum absolute atomic E-state index is 13.1. The molecule has 2 N–H and O–H groups in total. The molecule has 0 unspecified atom stereocenters. The molecule has 0 saturated heterocycles. The second kappa shape index (κ2) is 8.82. The van der Waals surface area contributed by atoms with Gasteiger partial charge in [-0.3, -0.25) is 9.59 Å². The Bertz CT molecular complexity index is 730. The predicted octanol–water partition coefficient (Wildman–Crippen LogP) is 2.22. The number of phenols is 1. The van der Waals surface area contributed by atoms with Crippen LogP contribution in [-0.2, 0) is 27.2 Å². The van der Waals surface area contributed by atoms with Crippen LogP contribution in [0.1, 0.15) is 11.1 Å². The van der Waals surface area contributed by atoms with Gasteiger partial charge < -0.3 is 15.2 Å². The Morgan fingerprint density at radius 2 is 1.88 bits per heavy atom. The van der Waals surface area contributed by atoms with Crippen LogP contribution < -0.4 is 5.32 Å². The molecule has 2 rings (SSSR count). The normalized spacial score (nSPS) is 11.6. The summed E-state index contributed by atoms with van der Waals surface area (Å²) in [6.45, 7) is 0.113. The minimum Gasteiger partial charge on any atom is -0.508 e. The van der Waals surface area contributed by atoms with Gasteiger partial charge in [0.05, 0.1) is 19.4 Å². The smallest absolute Gasteiger partial charge is 0.310 e. The average Bonchev–Trinajstić information content (AvgIpc) is 2.59. The van der Waals surface area contributed by atoms with Crippen molar-refractivity contribution in [2.45, 2.75) is 12.8 Å². The molecule has 0 radical (unpaired) electrons. The summed E-state index contributed by atoms with van der Waals surface area (Å²) in [6, 6.07) is 12.3. The molecule has 0 aliphatic carbocycles. The minimum absolute atomic E-state index is 0.0326. The zero-order chi connectivity index (χ0) is 18.2. The molecule has 0 aliphatic heterocycles. The first-order chi connectivity index (χ1) is 12.0. The van der Waals surface area contributed by atoms with Crippen molar-refractivity contribution in [2.24, 2.45) is 5.92 Å². The molecule has 2 aromatic carbocycles. The summed E-state index contributed by atoms with van der Waals surface area (Å²) < 4.78 is 17.9. The molecule has 0 aliphatic rings. The summed E-state index contributed by atoms with van der Waals surface area (Å²) in [4.78, 5) is 23.9. The number of nitrogens with one attached hydrogen (secondary N) is 1. The monoisotopic (exact) mass is 345 g/mol. The minimum atomic E-state index is -0.550. The number of amides is 1. The molecule has 132 valence electrons. The van der Waals surface area contributed by atoms with Crippen molar-refractivity contribution in [1.82, 2.24) is 5.32 Å². The van der Waals surface area contributed by atoms with E-state index in [1.807, 2.05) is 0 Å². The first-order valence-electron chi connectivity index (χ1n) is 7.85. The average molecular weight is 345 g/mol. The molecule has 2 aromatic rings. The lowest BCUT2D eigenvalue weighted by atomic mass is 9.99. The molecule has 5 nitrogen and oxygen atoms in total. The Morgan fingerprint density at radius 3 is 2.52 bits per heavy atom. The van der Waals surface area contributed by atoms with Crippen molar-refractivity contribution in [2.75, 3.05) is 13.7 Å². The standard InChI is InChI=1S/C19H20FNO4/c1-25-19(24)15(9-13-5-7-17(22)8-6-13)12-21-18(23)11-14-3-2-4-16(20)10-14/h2-8,10,15,22H,9,11-12H2,1H3,(H,21,23)/t15-/m0/s1. The molecule has 1 amide bonds. The lowest BCUT2D eigenvalue weighted by molar-refractivity contribution is -0.145. The van der Waals surface area contributed by atoms with E-state index in [2.05, 4.69) is 5.32 Å². The zero-order valence-electron chi connectivity index (χ0n) is 13.9. The number of rotatable bonds is 7. The highest BCUT2D eigenvalue weighted by Crippen LogP contribution is 2.14. The van der Waals surface area contributed by atoms with E-state index in [0.29, 0.717) is 12.0 Å². The van der Waals surface area contributed by atoms with Crippen LogP contribution in [0.5, 0.6) is 5.75 Å². The van der Waals surface area contributed by atoms with E-state index < -0.39 is 17.7 Å². The van der Waals surface area contributed by atoms with Gasteiger partial charge in [-0.25, -0.2) is 4.39 Å². The highest BCUT2D eigenvalue weighted by atomic mass is 19.1. The van der Waals surface area contributed by atoms with Gasteiger partial charge in [-0.1, -0.05) is 24.3 Å². The van der Waals surface area contributed by atoms with Gasteiger partial charge in [-0.15, -0.1) is 0 Å². The van der Waals surface area contributed by atoms with E-state index in [1.165, 1.54) is 31.4 Å². The third kappa shape index (κ3) is 5.91. The van der Waals surface area contributed by atoms with Crippen molar-refractivity contribution in [3.63, 3.8) is 0 Å². The largest absolute Gasteiger partial charge is 0.508 e. The molecule has 0 fully saturated rings. The van der Waals surface area contributed by atoms with Gasteiger partial charge in [-0.2, -0.15) is 0 Å². The summed E-state index contributed by atoms with van der Waals surface area (Å²) in [6.07, 6.45) is 0.401. The third-order valence-electron chi connectivity index (χ3n) is 3.75. The van der Waals surface area contributed by atoms with Gasteiger partial charge >= 0.3 is 5.97 Å². The Balaban J connectivity index is 1.93. The van der Waals surface area contributed by atoms with E-state index in [4.69, 9.17) is 4.74 Å². The van der Waals surface area contributed by atoms with E-state index in [1.54, 1.807) is 24.3 Å². The Hall–Kier alpha value is -2.89. The molecular formula is C19H20FNO4. The zero-order valence-corrected chi connectivity index (χ0v) is 13.9. The van der Waals surface area contributed by atoms with E-state index in [0.717, 1.165) is 5.56 Å². The van der Waals surface area contributed by atoms with Crippen molar-refractivity contribution in [3.05, 3.63) is 65.5 Å². The van der Waals surface area contributed by atoms with Crippen molar-refractivity contribution in [3.8, 4) is 5.75 Å². The van der Waals surface area contributed by atoms with E-state index in [-0.39, 0.29) is 24.6 Å². The number of hydrogen-bond acceptors (Lipinski definition) is 4. The number of carbonyl (C=O) groups excluding carboxylic acids is 2. The molecule has 0 bridgehead atoms. The van der Waals surface area contributed by atoms with Gasteiger partial charge in [0, 0.05) is 6.54 Å². The second-order valence-corrected chi connectivity index (χ2v) is 5.70. The maximum atomic E-state index is 13.1. The molecule has 0 aromatic heterocycles. The van der Waals surface area contributed by atoms with Crippen LogP contribution in [0.25, 0.3) is 0 Å². The SMILES string of the molecule is COC(=O)[C@H](CNC(=O)Cc1cccc(F)c1)Cc1ccc(O)cc1. The van der Waals surface area contributed by atoms with Gasteiger partial charge in [0.2, 0.25) is 5.91 Å². The summed E-state index contributed by atoms with van der Waals surface area (Å²) in [5, 5.41) is 12.0. The molecule has 1 atom stereocenters. The van der Waals surface area contributed by atoms with Crippen LogP contribution in [0.2, 0.25) is 0 Å². The summed E-state index contributed by atoms with van der Waals surface area (Å²) in [5.74, 6) is -1.54. The van der Waals surface area contributed by atoms with Crippen molar-refractivity contribution in [1.29, 1.82) is 0 Å². The lowest BCUT2D eigenvalue weighted by Crippen LogP contribution is -2.35. The van der Waals surface area contributed by atoms with Crippen molar-refractivity contribution >= 4 is 11.9 Å². The Labute approximate surface area is 145 Å². The quantitative estimate of drug-likeness (QED) is 0.755. The Morgan fingerprint density at radius 1 is 1.16 bits per heavy atom. The fraction of sp³-hybridized carbons (Fsp3) is 0.263. The number of carbonyl (C=O) groups is 2. The number of esters is 1. The highest BCUT2D eigenvalue weighted by molar-refractivity contribution is 5.80.